The third kappa shape index (κ3) is 4.49. The minimum atomic E-state index is 0.596. The van der Waals surface area contributed by atoms with Gasteiger partial charge in [0, 0.05) is 25.7 Å². The van der Waals surface area contributed by atoms with Crippen molar-refractivity contribution in [1.82, 2.24) is 10.2 Å². The fourth-order valence-corrected chi connectivity index (χ4v) is 4.05. The standard InChI is InChI=1S/C24H28N2O/c1-27-23-11-9-19(10-12-23)17-26-16-14-22(18-26)25-15-13-21-7-4-6-20-5-2-3-8-24(20)21/h2-12,22,25H,13-18H2,1H3. The minimum absolute atomic E-state index is 0.596. The molecule has 0 bridgehead atoms. The van der Waals surface area contributed by atoms with E-state index in [9.17, 15) is 0 Å². The van der Waals surface area contributed by atoms with Gasteiger partial charge in [0.25, 0.3) is 0 Å². The summed E-state index contributed by atoms with van der Waals surface area (Å²) in [5.41, 5.74) is 2.79. The second kappa shape index (κ2) is 8.55. The van der Waals surface area contributed by atoms with Gasteiger partial charge in [-0.15, -0.1) is 0 Å². The van der Waals surface area contributed by atoms with E-state index in [1.165, 1.54) is 28.3 Å². The zero-order valence-electron chi connectivity index (χ0n) is 16.0. The average Bonchev–Trinajstić information content (AvgIpc) is 3.16. The number of ether oxygens (including phenoxy) is 1. The summed E-state index contributed by atoms with van der Waals surface area (Å²) >= 11 is 0. The summed E-state index contributed by atoms with van der Waals surface area (Å²) in [6.07, 6.45) is 2.31. The molecule has 0 amide bonds. The predicted molar refractivity (Wildman–Crippen MR) is 112 cm³/mol. The molecule has 27 heavy (non-hydrogen) atoms. The second-order valence-corrected chi connectivity index (χ2v) is 7.41. The van der Waals surface area contributed by atoms with Gasteiger partial charge in [0.15, 0.2) is 0 Å². The lowest BCUT2D eigenvalue weighted by Gasteiger charge is -2.17. The summed E-state index contributed by atoms with van der Waals surface area (Å²) < 4.78 is 5.24. The van der Waals surface area contributed by atoms with Crippen molar-refractivity contribution < 1.29 is 4.74 Å². The third-order valence-electron chi connectivity index (χ3n) is 5.54. The van der Waals surface area contributed by atoms with Crippen molar-refractivity contribution in [3.63, 3.8) is 0 Å². The Kier molecular flexibility index (Phi) is 5.71. The molecule has 140 valence electrons. The van der Waals surface area contributed by atoms with Crippen LogP contribution >= 0.6 is 0 Å². The van der Waals surface area contributed by atoms with Crippen LogP contribution in [-0.4, -0.2) is 37.7 Å². The van der Waals surface area contributed by atoms with E-state index in [0.29, 0.717) is 6.04 Å². The molecule has 1 N–H and O–H groups in total. The van der Waals surface area contributed by atoms with Gasteiger partial charge in [-0.25, -0.2) is 0 Å². The Balaban J connectivity index is 1.26. The zero-order chi connectivity index (χ0) is 18.5. The van der Waals surface area contributed by atoms with Crippen molar-refractivity contribution in [3.8, 4) is 5.75 Å². The Hall–Kier alpha value is -2.36. The molecular weight excluding hydrogens is 332 g/mol. The topological polar surface area (TPSA) is 24.5 Å². The van der Waals surface area contributed by atoms with Crippen LogP contribution in [0.3, 0.4) is 0 Å². The molecule has 1 atom stereocenters. The fourth-order valence-electron chi connectivity index (χ4n) is 4.05. The van der Waals surface area contributed by atoms with E-state index in [2.05, 4.69) is 64.8 Å². The maximum Gasteiger partial charge on any atom is 0.118 e. The molecule has 1 aliphatic rings. The normalized spacial score (nSPS) is 17.4. The van der Waals surface area contributed by atoms with Crippen LogP contribution in [0.5, 0.6) is 5.75 Å². The molecule has 0 spiro atoms. The number of methoxy groups -OCH3 is 1. The van der Waals surface area contributed by atoms with Crippen molar-refractivity contribution in [3.05, 3.63) is 77.9 Å². The van der Waals surface area contributed by atoms with Crippen LogP contribution in [-0.2, 0) is 13.0 Å². The molecule has 0 aromatic heterocycles. The van der Waals surface area contributed by atoms with Crippen LogP contribution in [0.1, 0.15) is 17.5 Å². The van der Waals surface area contributed by atoms with Gasteiger partial charge in [0.1, 0.15) is 5.75 Å². The van der Waals surface area contributed by atoms with Crippen molar-refractivity contribution >= 4 is 10.8 Å². The molecule has 1 saturated heterocycles. The summed E-state index contributed by atoms with van der Waals surface area (Å²) in [6.45, 7) is 4.35. The molecular formula is C24H28N2O. The van der Waals surface area contributed by atoms with E-state index < -0.39 is 0 Å². The van der Waals surface area contributed by atoms with Gasteiger partial charge in [-0.1, -0.05) is 54.6 Å². The molecule has 3 aromatic carbocycles. The molecule has 0 saturated carbocycles. The number of hydrogen-bond donors (Lipinski definition) is 1. The van der Waals surface area contributed by atoms with E-state index in [4.69, 9.17) is 4.74 Å². The Morgan fingerprint density at radius 3 is 2.67 bits per heavy atom. The van der Waals surface area contributed by atoms with Gasteiger partial charge in [0.2, 0.25) is 0 Å². The van der Waals surface area contributed by atoms with Crippen LogP contribution in [0, 0.1) is 0 Å². The number of fused-ring (bicyclic) bond motifs is 1. The molecule has 0 aliphatic carbocycles. The quantitative estimate of drug-likeness (QED) is 0.681. The van der Waals surface area contributed by atoms with Gasteiger partial charge in [-0.3, -0.25) is 4.90 Å². The maximum absolute atomic E-state index is 5.24. The van der Waals surface area contributed by atoms with Crippen LogP contribution < -0.4 is 10.1 Å². The van der Waals surface area contributed by atoms with Crippen molar-refractivity contribution in [2.75, 3.05) is 26.7 Å². The Morgan fingerprint density at radius 1 is 1.00 bits per heavy atom. The largest absolute Gasteiger partial charge is 0.497 e. The highest BCUT2D eigenvalue weighted by molar-refractivity contribution is 5.85. The fraction of sp³-hybridized carbons (Fsp3) is 0.333. The molecule has 3 aromatic rings. The lowest BCUT2D eigenvalue weighted by Crippen LogP contribution is -2.33. The zero-order valence-corrected chi connectivity index (χ0v) is 16.0. The molecule has 1 aliphatic heterocycles. The molecule has 0 radical (unpaired) electrons. The summed E-state index contributed by atoms with van der Waals surface area (Å²) in [5, 5.41) is 6.49. The summed E-state index contributed by atoms with van der Waals surface area (Å²) in [6, 6.07) is 24.3. The van der Waals surface area contributed by atoms with Gasteiger partial charge in [0.05, 0.1) is 7.11 Å². The van der Waals surface area contributed by atoms with Crippen molar-refractivity contribution in [2.45, 2.75) is 25.4 Å². The van der Waals surface area contributed by atoms with E-state index in [0.717, 1.165) is 38.3 Å². The highest BCUT2D eigenvalue weighted by Crippen LogP contribution is 2.19. The van der Waals surface area contributed by atoms with Crippen LogP contribution in [0.4, 0.5) is 0 Å². The molecule has 1 unspecified atom stereocenters. The Bertz CT molecular complexity index is 870. The average molecular weight is 361 g/mol. The minimum Gasteiger partial charge on any atom is -0.497 e. The summed E-state index contributed by atoms with van der Waals surface area (Å²) in [7, 11) is 1.71. The number of rotatable bonds is 7. The van der Waals surface area contributed by atoms with Gasteiger partial charge >= 0.3 is 0 Å². The SMILES string of the molecule is COc1ccc(CN2CCC(NCCc3cccc4ccccc34)C2)cc1. The smallest absolute Gasteiger partial charge is 0.118 e. The number of nitrogens with zero attached hydrogens (tertiary/aromatic N) is 1. The van der Waals surface area contributed by atoms with Gasteiger partial charge < -0.3 is 10.1 Å². The maximum atomic E-state index is 5.24. The van der Waals surface area contributed by atoms with E-state index in [1.807, 2.05) is 12.1 Å². The first-order valence-electron chi connectivity index (χ1n) is 9.87. The number of likely N-dealkylation sites (tertiary alicyclic amines) is 1. The van der Waals surface area contributed by atoms with Gasteiger partial charge in [-0.2, -0.15) is 0 Å². The van der Waals surface area contributed by atoms with Crippen molar-refractivity contribution in [1.29, 1.82) is 0 Å². The molecule has 1 heterocycles. The molecule has 3 nitrogen and oxygen atoms in total. The number of benzene rings is 3. The first-order chi connectivity index (χ1) is 13.3. The summed E-state index contributed by atoms with van der Waals surface area (Å²) in [5.74, 6) is 0.924. The molecule has 1 fully saturated rings. The van der Waals surface area contributed by atoms with E-state index in [1.54, 1.807) is 7.11 Å². The Labute approximate surface area is 162 Å². The predicted octanol–water partition coefficient (Wildman–Crippen LogP) is 4.26. The van der Waals surface area contributed by atoms with Crippen LogP contribution in [0.25, 0.3) is 10.8 Å². The van der Waals surface area contributed by atoms with Gasteiger partial charge in [-0.05, 0) is 53.4 Å². The first kappa shape index (κ1) is 18.0. The lowest BCUT2D eigenvalue weighted by atomic mass is 10.0. The number of nitrogens with one attached hydrogen (secondary N) is 1. The lowest BCUT2D eigenvalue weighted by molar-refractivity contribution is 0.320. The second-order valence-electron chi connectivity index (χ2n) is 7.41. The van der Waals surface area contributed by atoms with Crippen LogP contribution in [0.15, 0.2) is 66.7 Å². The Morgan fingerprint density at radius 2 is 1.81 bits per heavy atom. The third-order valence-corrected chi connectivity index (χ3v) is 5.54. The molecule has 4 rings (SSSR count). The number of hydrogen-bond acceptors (Lipinski definition) is 3. The highest BCUT2D eigenvalue weighted by Gasteiger charge is 2.21. The summed E-state index contributed by atoms with van der Waals surface area (Å²) in [4.78, 5) is 2.54. The van der Waals surface area contributed by atoms with Crippen LogP contribution in [0.2, 0.25) is 0 Å². The molecule has 3 heteroatoms. The van der Waals surface area contributed by atoms with Crippen molar-refractivity contribution in [2.24, 2.45) is 0 Å². The van der Waals surface area contributed by atoms with E-state index >= 15 is 0 Å². The monoisotopic (exact) mass is 360 g/mol. The highest BCUT2D eigenvalue weighted by atomic mass is 16.5. The van der Waals surface area contributed by atoms with E-state index in [-0.39, 0.29) is 0 Å². The first-order valence-corrected chi connectivity index (χ1v) is 9.87.